The van der Waals surface area contributed by atoms with Crippen LogP contribution in [0.15, 0.2) is 53.4 Å². The molecular weight excluding hydrogens is 420 g/mol. The Hall–Kier alpha value is -3.11. The molecule has 0 saturated carbocycles. The molecule has 0 spiro atoms. The predicted octanol–water partition coefficient (Wildman–Crippen LogP) is 2.73. The van der Waals surface area contributed by atoms with Gasteiger partial charge in [-0.3, -0.25) is 4.79 Å². The number of nitrogens with one attached hydrogen (secondary N) is 3. The van der Waals surface area contributed by atoms with Crippen molar-refractivity contribution in [1.82, 2.24) is 9.62 Å². The van der Waals surface area contributed by atoms with Gasteiger partial charge in [-0.05, 0) is 36.2 Å². The third-order valence-electron chi connectivity index (χ3n) is 4.47. The molecule has 0 unspecified atom stereocenters. The van der Waals surface area contributed by atoms with E-state index in [2.05, 4.69) is 16.0 Å². The number of ether oxygens (including phenoxy) is 1. The fourth-order valence-corrected chi connectivity index (χ4v) is 3.66. The van der Waals surface area contributed by atoms with Crippen LogP contribution in [-0.4, -0.2) is 51.9 Å². The van der Waals surface area contributed by atoms with Crippen molar-refractivity contribution in [2.45, 2.75) is 24.8 Å². The summed E-state index contributed by atoms with van der Waals surface area (Å²) >= 11 is 0. The molecule has 1 atom stereocenters. The van der Waals surface area contributed by atoms with Gasteiger partial charge in [-0.2, -0.15) is 0 Å². The molecule has 0 radical (unpaired) electrons. The molecule has 168 valence electrons. The molecule has 0 aliphatic heterocycles. The molecule has 0 aliphatic carbocycles. The molecule has 2 aromatic rings. The number of urea groups is 1. The van der Waals surface area contributed by atoms with Crippen molar-refractivity contribution in [2.24, 2.45) is 5.92 Å². The zero-order chi connectivity index (χ0) is 23.2. The first-order valence-electron chi connectivity index (χ1n) is 9.60. The molecule has 2 aromatic carbocycles. The highest BCUT2D eigenvalue weighted by molar-refractivity contribution is 7.89. The van der Waals surface area contributed by atoms with Crippen LogP contribution in [0.3, 0.4) is 0 Å². The Balaban J connectivity index is 2.22. The normalized spacial score (nSPS) is 12.4. The number of hydrogen-bond acceptors (Lipinski definition) is 5. The van der Waals surface area contributed by atoms with Crippen molar-refractivity contribution < 1.29 is 22.7 Å². The van der Waals surface area contributed by atoms with Gasteiger partial charge < -0.3 is 20.7 Å². The van der Waals surface area contributed by atoms with Crippen LogP contribution in [0.1, 0.15) is 13.8 Å². The van der Waals surface area contributed by atoms with Crippen LogP contribution >= 0.6 is 0 Å². The van der Waals surface area contributed by atoms with Gasteiger partial charge in [0.05, 0.1) is 17.7 Å². The monoisotopic (exact) mass is 448 g/mol. The number of amides is 3. The molecule has 0 bridgehead atoms. The maximum atomic E-state index is 12.9. The number of carbonyl (C=O) groups excluding carboxylic acids is 2. The molecule has 9 nitrogen and oxygen atoms in total. The molecule has 0 aromatic heterocycles. The van der Waals surface area contributed by atoms with E-state index in [0.29, 0.717) is 11.4 Å². The molecule has 0 heterocycles. The summed E-state index contributed by atoms with van der Waals surface area (Å²) in [5, 5.41) is 8.00. The highest BCUT2D eigenvalue weighted by Crippen LogP contribution is 2.29. The summed E-state index contributed by atoms with van der Waals surface area (Å²) in [5.41, 5.74) is 0.775. The lowest BCUT2D eigenvalue weighted by molar-refractivity contribution is -0.118. The Labute approximate surface area is 182 Å². The molecule has 2 rings (SSSR count). The van der Waals surface area contributed by atoms with E-state index in [9.17, 15) is 18.0 Å². The molecule has 0 fully saturated rings. The number of anilines is 2. The van der Waals surface area contributed by atoms with E-state index in [1.807, 2.05) is 6.07 Å². The topological polar surface area (TPSA) is 117 Å². The highest BCUT2D eigenvalue weighted by atomic mass is 32.2. The van der Waals surface area contributed by atoms with Gasteiger partial charge in [-0.15, -0.1) is 0 Å². The van der Waals surface area contributed by atoms with Gasteiger partial charge in [0.25, 0.3) is 0 Å². The molecule has 3 amide bonds. The van der Waals surface area contributed by atoms with E-state index >= 15 is 0 Å². The maximum Gasteiger partial charge on any atom is 0.319 e. The molecule has 0 saturated heterocycles. The first-order valence-corrected chi connectivity index (χ1v) is 11.0. The SMILES string of the molecule is COc1ccc(S(=O)(=O)N(C)C)cc1NC(=O)[C@@H](NC(=O)Nc1ccccc1)C(C)C. The molecule has 0 aliphatic rings. The van der Waals surface area contributed by atoms with Crippen molar-refractivity contribution in [2.75, 3.05) is 31.8 Å². The summed E-state index contributed by atoms with van der Waals surface area (Å²) in [6.07, 6.45) is 0. The lowest BCUT2D eigenvalue weighted by Crippen LogP contribution is -2.48. The van der Waals surface area contributed by atoms with Crippen molar-refractivity contribution >= 4 is 33.3 Å². The Bertz CT molecular complexity index is 1020. The van der Waals surface area contributed by atoms with E-state index < -0.39 is 28.0 Å². The van der Waals surface area contributed by atoms with E-state index in [1.165, 1.54) is 39.4 Å². The van der Waals surface area contributed by atoms with Crippen LogP contribution in [0.2, 0.25) is 0 Å². The van der Waals surface area contributed by atoms with Crippen LogP contribution in [0.4, 0.5) is 16.2 Å². The third-order valence-corrected chi connectivity index (χ3v) is 6.29. The largest absolute Gasteiger partial charge is 0.495 e. The van der Waals surface area contributed by atoms with Crippen LogP contribution in [0.5, 0.6) is 5.75 Å². The predicted molar refractivity (Wildman–Crippen MR) is 120 cm³/mol. The second-order valence-corrected chi connectivity index (χ2v) is 9.48. The van der Waals surface area contributed by atoms with Crippen LogP contribution in [0, 0.1) is 5.92 Å². The maximum absolute atomic E-state index is 12.9. The number of sulfonamides is 1. The summed E-state index contributed by atoms with van der Waals surface area (Å²) in [6.45, 7) is 3.58. The first kappa shape index (κ1) is 24.2. The lowest BCUT2D eigenvalue weighted by Gasteiger charge is -2.23. The Kier molecular flexibility index (Phi) is 8.01. The minimum atomic E-state index is -3.70. The zero-order valence-electron chi connectivity index (χ0n) is 18.2. The van der Waals surface area contributed by atoms with Gasteiger partial charge in [0.15, 0.2) is 0 Å². The van der Waals surface area contributed by atoms with Crippen molar-refractivity contribution in [3.05, 3.63) is 48.5 Å². The molecule has 10 heteroatoms. The second kappa shape index (κ2) is 10.3. The fraction of sp³-hybridized carbons (Fsp3) is 0.333. The number of methoxy groups -OCH3 is 1. The summed E-state index contributed by atoms with van der Waals surface area (Å²) < 4.78 is 31.2. The highest BCUT2D eigenvalue weighted by Gasteiger charge is 2.26. The number of para-hydroxylation sites is 1. The van der Waals surface area contributed by atoms with Gasteiger partial charge in [-0.1, -0.05) is 32.0 Å². The van der Waals surface area contributed by atoms with E-state index in [4.69, 9.17) is 4.74 Å². The Morgan fingerprint density at radius 2 is 1.65 bits per heavy atom. The Morgan fingerprint density at radius 1 is 1.00 bits per heavy atom. The van der Waals surface area contributed by atoms with Crippen molar-refractivity contribution in [3.8, 4) is 5.75 Å². The van der Waals surface area contributed by atoms with Crippen LogP contribution < -0.4 is 20.7 Å². The molecular formula is C21H28N4O5S. The van der Waals surface area contributed by atoms with Gasteiger partial charge in [-0.25, -0.2) is 17.5 Å². The molecule has 3 N–H and O–H groups in total. The standard InChI is InChI=1S/C21H28N4O5S/c1-14(2)19(24-21(27)22-15-9-7-6-8-10-15)20(26)23-17-13-16(11-12-18(17)30-5)31(28,29)25(3)4/h6-14,19H,1-5H3,(H,23,26)(H2,22,24,27)/t19-/m0/s1. The minimum absolute atomic E-state index is 0.00415. The van der Waals surface area contributed by atoms with Crippen LogP contribution in [0.25, 0.3) is 0 Å². The number of rotatable bonds is 8. The summed E-state index contributed by atoms with van der Waals surface area (Å²) in [7, 11) is 0.547. The smallest absolute Gasteiger partial charge is 0.319 e. The first-order chi connectivity index (χ1) is 14.6. The Morgan fingerprint density at radius 3 is 2.19 bits per heavy atom. The summed E-state index contributed by atoms with van der Waals surface area (Å²) in [5.74, 6) is -0.445. The number of nitrogens with zero attached hydrogens (tertiary/aromatic N) is 1. The van der Waals surface area contributed by atoms with Gasteiger partial charge >= 0.3 is 6.03 Å². The summed E-state index contributed by atoms with van der Waals surface area (Å²) in [4.78, 5) is 25.3. The fourth-order valence-electron chi connectivity index (χ4n) is 2.73. The van der Waals surface area contributed by atoms with Crippen molar-refractivity contribution in [3.63, 3.8) is 0 Å². The van der Waals surface area contributed by atoms with Gasteiger partial charge in [0.2, 0.25) is 15.9 Å². The van der Waals surface area contributed by atoms with Gasteiger partial charge in [0, 0.05) is 19.8 Å². The molecule has 31 heavy (non-hydrogen) atoms. The van der Waals surface area contributed by atoms with E-state index in [1.54, 1.807) is 38.1 Å². The van der Waals surface area contributed by atoms with E-state index in [-0.39, 0.29) is 16.5 Å². The lowest BCUT2D eigenvalue weighted by atomic mass is 10.0. The second-order valence-electron chi connectivity index (χ2n) is 7.32. The van der Waals surface area contributed by atoms with Crippen LogP contribution in [-0.2, 0) is 14.8 Å². The minimum Gasteiger partial charge on any atom is -0.495 e. The average molecular weight is 449 g/mol. The zero-order valence-corrected chi connectivity index (χ0v) is 19.0. The average Bonchev–Trinajstić information content (AvgIpc) is 2.72. The van der Waals surface area contributed by atoms with Gasteiger partial charge in [0.1, 0.15) is 11.8 Å². The van der Waals surface area contributed by atoms with E-state index in [0.717, 1.165) is 4.31 Å². The number of benzene rings is 2. The summed E-state index contributed by atoms with van der Waals surface area (Å²) in [6, 6.07) is 11.6. The third kappa shape index (κ3) is 6.19. The number of carbonyl (C=O) groups is 2. The number of hydrogen-bond donors (Lipinski definition) is 3. The quantitative estimate of drug-likeness (QED) is 0.574. The van der Waals surface area contributed by atoms with Crippen molar-refractivity contribution in [1.29, 1.82) is 0 Å².